The first kappa shape index (κ1) is 15.3. The number of rotatable bonds is 3. The second kappa shape index (κ2) is 6.27. The molecule has 0 saturated heterocycles. The van der Waals surface area contributed by atoms with Crippen LogP contribution in [0, 0.1) is 11.8 Å². The van der Waals surface area contributed by atoms with Crippen molar-refractivity contribution >= 4 is 15.9 Å². The molecule has 1 aliphatic heterocycles. The van der Waals surface area contributed by atoms with E-state index < -0.39 is 10.0 Å². The van der Waals surface area contributed by atoms with Crippen LogP contribution in [0.2, 0.25) is 0 Å². The molecular weight excluding hydrogens is 286 g/mol. The number of fused-ring (bicyclic) bond motifs is 1. The van der Waals surface area contributed by atoms with Gasteiger partial charge in [0.25, 0.3) is 10.0 Å². The average Bonchev–Trinajstić information content (AvgIpc) is 2.47. The van der Waals surface area contributed by atoms with Crippen LogP contribution in [0.1, 0.15) is 71.1 Å². The molecule has 0 bridgehead atoms. The van der Waals surface area contributed by atoms with Crippen molar-refractivity contribution in [3.05, 3.63) is 0 Å². The molecule has 120 valence electrons. The standard InChI is InChI=1S/C16H27NO3S/c1-12(13-7-3-2-4-8-13)11-16-17-21(18,19)15-10-6-5-9-14(15)20-16/h12-15H,2-11H2,1H3/t12-,14?,15?/m0/s1. The van der Waals surface area contributed by atoms with E-state index >= 15 is 0 Å². The smallest absolute Gasteiger partial charge is 0.262 e. The van der Waals surface area contributed by atoms with E-state index in [1.807, 2.05) is 0 Å². The maximum atomic E-state index is 12.3. The average molecular weight is 313 g/mol. The second-order valence-electron chi connectivity index (χ2n) is 7.06. The van der Waals surface area contributed by atoms with E-state index in [0.717, 1.165) is 19.3 Å². The first-order chi connectivity index (χ1) is 10.1. The molecule has 0 spiro atoms. The maximum absolute atomic E-state index is 12.3. The van der Waals surface area contributed by atoms with Crippen molar-refractivity contribution < 1.29 is 13.2 Å². The molecule has 3 aliphatic rings. The summed E-state index contributed by atoms with van der Waals surface area (Å²) in [5, 5.41) is -0.389. The van der Waals surface area contributed by atoms with Crippen LogP contribution >= 0.6 is 0 Å². The van der Waals surface area contributed by atoms with Gasteiger partial charge in [-0.05, 0) is 31.1 Å². The predicted molar refractivity (Wildman–Crippen MR) is 83.8 cm³/mol. The lowest BCUT2D eigenvalue weighted by Gasteiger charge is -2.35. The summed E-state index contributed by atoms with van der Waals surface area (Å²) in [7, 11) is -3.35. The molecule has 0 aromatic carbocycles. The molecule has 0 aromatic heterocycles. The highest BCUT2D eigenvalue weighted by Crippen LogP contribution is 2.35. The van der Waals surface area contributed by atoms with Crippen LogP contribution < -0.4 is 0 Å². The highest BCUT2D eigenvalue weighted by molar-refractivity contribution is 7.91. The molecule has 4 nitrogen and oxygen atoms in total. The van der Waals surface area contributed by atoms with E-state index in [1.54, 1.807) is 0 Å². The zero-order chi connectivity index (χ0) is 14.9. The minimum absolute atomic E-state index is 0.144. The maximum Gasteiger partial charge on any atom is 0.262 e. The first-order valence-corrected chi connectivity index (χ1v) is 10.1. The molecule has 0 radical (unpaired) electrons. The van der Waals surface area contributed by atoms with E-state index in [4.69, 9.17) is 4.74 Å². The van der Waals surface area contributed by atoms with Gasteiger partial charge in [0.05, 0.1) is 0 Å². The van der Waals surface area contributed by atoms with Crippen molar-refractivity contribution in [2.45, 2.75) is 82.5 Å². The zero-order valence-corrected chi connectivity index (χ0v) is 13.8. The van der Waals surface area contributed by atoms with Crippen molar-refractivity contribution in [3.8, 4) is 0 Å². The molecular formula is C16H27NO3S. The lowest BCUT2D eigenvalue weighted by molar-refractivity contribution is 0.130. The highest BCUT2D eigenvalue weighted by Gasteiger charge is 2.41. The van der Waals surface area contributed by atoms with E-state index in [9.17, 15) is 8.42 Å². The summed E-state index contributed by atoms with van der Waals surface area (Å²) < 4.78 is 34.6. The summed E-state index contributed by atoms with van der Waals surface area (Å²) in [5.41, 5.74) is 0. The molecule has 2 fully saturated rings. The van der Waals surface area contributed by atoms with Gasteiger partial charge in [-0.15, -0.1) is 4.40 Å². The normalized spacial score (nSPS) is 34.4. The number of hydrogen-bond donors (Lipinski definition) is 0. The van der Waals surface area contributed by atoms with E-state index in [0.29, 0.717) is 30.6 Å². The Bertz CT molecular complexity index is 494. The van der Waals surface area contributed by atoms with Crippen LogP contribution in [0.3, 0.4) is 0 Å². The number of nitrogens with zero attached hydrogens (tertiary/aromatic N) is 1. The fraction of sp³-hybridized carbons (Fsp3) is 0.938. The fourth-order valence-corrected chi connectivity index (χ4v) is 5.75. The van der Waals surface area contributed by atoms with Crippen molar-refractivity contribution in [1.29, 1.82) is 0 Å². The fourth-order valence-electron chi connectivity index (χ4n) is 4.17. The summed E-state index contributed by atoms with van der Waals surface area (Å²) in [6, 6.07) is 0. The van der Waals surface area contributed by atoms with Crippen LogP contribution in [-0.2, 0) is 14.8 Å². The molecule has 3 rings (SSSR count). The summed E-state index contributed by atoms with van der Waals surface area (Å²) in [6.07, 6.45) is 10.7. The quantitative estimate of drug-likeness (QED) is 0.799. The Hall–Kier alpha value is -0.580. The molecule has 2 saturated carbocycles. The van der Waals surface area contributed by atoms with Gasteiger partial charge < -0.3 is 4.74 Å². The Morgan fingerprint density at radius 2 is 1.76 bits per heavy atom. The van der Waals surface area contributed by atoms with Crippen molar-refractivity contribution in [1.82, 2.24) is 0 Å². The third kappa shape index (κ3) is 3.43. The molecule has 0 N–H and O–H groups in total. The van der Waals surface area contributed by atoms with Gasteiger partial charge in [0.15, 0.2) is 0 Å². The predicted octanol–water partition coefficient (Wildman–Crippen LogP) is 3.66. The number of sulfonamides is 1. The van der Waals surface area contributed by atoms with Gasteiger partial charge in [-0.25, -0.2) is 8.42 Å². The highest BCUT2D eigenvalue weighted by atomic mass is 32.2. The third-order valence-electron chi connectivity index (χ3n) is 5.49. The summed E-state index contributed by atoms with van der Waals surface area (Å²) in [4.78, 5) is 0. The van der Waals surface area contributed by atoms with Crippen molar-refractivity contribution in [2.75, 3.05) is 0 Å². The Morgan fingerprint density at radius 1 is 1.10 bits per heavy atom. The molecule has 3 atom stereocenters. The summed E-state index contributed by atoms with van der Waals surface area (Å²) >= 11 is 0. The van der Waals surface area contributed by atoms with Gasteiger partial charge in [0.2, 0.25) is 5.90 Å². The Labute approximate surface area is 128 Å². The SMILES string of the molecule is C[C@@H](CC1=NS(=O)(=O)C2CCCCC2O1)C1CCCCC1. The van der Waals surface area contributed by atoms with Crippen molar-refractivity contribution in [3.63, 3.8) is 0 Å². The van der Waals surface area contributed by atoms with Gasteiger partial charge in [-0.3, -0.25) is 0 Å². The van der Waals surface area contributed by atoms with Crippen LogP contribution in [-0.4, -0.2) is 25.7 Å². The van der Waals surface area contributed by atoms with Crippen molar-refractivity contribution in [2.24, 2.45) is 16.2 Å². The minimum Gasteiger partial charge on any atom is -0.475 e. The number of ether oxygens (including phenoxy) is 1. The van der Waals surface area contributed by atoms with Gasteiger partial charge >= 0.3 is 0 Å². The largest absolute Gasteiger partial charge is 0.475 e. The molecule has 0 aromatic rings. The van der Waals surface area contributed by atoms with Gasteiger partial charge in [0, 0.05) is 6.42 Å². The van der Waals surface area contributed by atoms with E-state index in [1.165, 1.54) is 32.1 Å². The topological polar surface area (TPSA) is 55.7 Å². The molecule has 21 heavy (non-hydrogen) atoms. The van der Waals surface area contributed by atoms with Gasteiger partial charge in [0.1, 0.15) is 11.4 Å². The Balaban J connectivity index is 1.68. The number of hydrogen-bond acceptors (Lipinski definition) is 3. The minimum atomic E-state index is -3.35. The van der Waals surface area contributed by atoms with Crippen LogP contribution in [0.15, 0.2) is 4.40 Å². The second-order valence-corrected chi connectivity index (χ2v) is 8.88. The summed E-state index contributed by atoms with van der Waals surface area (Å²) in [5.74, 6) is 1.66. The molecule has 5 heteroatoms. The zero-order valence-electron chi connectivity index (χ0n) is 13.0. The van der Waals surface area contributed by atoms with Crippen LogP contribution in [0.25, 0.3) is 0 Å². The van der Waals surface area contributed by atoms with Gasteiger partial charge in [-0.1, -0.05) is 45.4 Å². The van der Waals surface area contributed by atoms with Crippen LogP contribution in [0.4, 0.5) is 0 Å². The molecule has 2 aliphatic carbocycles. The molecule has 2 unspecified atom stereocenters. The van der Waals surface area contributed by atoms with Crippen LogP contribution in [0.5, 0.6) is 0 Å². The monoisotopic (exact) mass is 313 g/mol. The molecule has 0 amide bonds. The summed E-state index contributed by atoms with van der Waals surface area (Å²) in [6.45, 7) is 2.22. The first-order valence-electron chi connectivity index (χ1n) is 8.55. The lowest BCUT2D eigenvalue weighted by Crippen LogP contribution is -2.43. The van der Waals surface area contributed by atoms with E-state index in [-0.39, 0.29) is 11.4 Å². The lowest BCUT2D eigenvalue weighted by atomic mass is 9.79. The molecule has 1 heterocycles. The third-order valence-corrected chi connectivity index (χ3v) is 7.25. The Morgan fingerprint density at radius 3 is 2.52 bits per heavy atom. The van der Waals surface area contributed by atoms with E-state index in [2.05, 4.69) is 11.3 Å². The Kier molecular flexibility index (Phi) is 4.57. The van der Waals surface area contributed by atoms with Gasteiger partial charge in [-0.2, -0.15) is 0 Å².